The molecule has 0 N–H and O–H groups in total. The lowest BCUT2D eigenvalue weighted by atomic mass is 9.48. The van der Waals surface area contributed by atoms with Gasteiger partial charge in [0, 0.05) is 45.0 Å². The summed E-state index contributed by atoms with van der Waals surface area (Å²) in [7, 11) is 0. The summed E-state index contributed by atoms with van der Waals surface area (Å²) in [6, 6.07) is 76.1. The molecule has 0 saturated heterocycles. The standard InChI is InChI=1S/C68H66N2/c1-47-36-38-68(39-37-47,53-24-30-58(31-25-53)69(55-16-9-5-10-17-55)57-28-22-52(23-29-57)67-44-48-40-49(45-67)42-50(41-48)46-67)54-26-32-59(33-27-54)70(56-18-11-6-12-19-56)60-34-35-62-64(43-60)66(2,3)63-21-13-20-61(65(62)63)51-14-7-4-8-15-51/h4-35,43,47-50H,36-42,44-46H2,1-3H3. The summed E-state index contributed by atoms with van der Waals surface area (Å²) in [5.41, 5.74) is 19.8. The van der Waals surface area contributed by atoms with Crippen molar-refractivity contribution in [1.82, 2.24) is 0 Å². The fourth-order valence-electron chi connectivity index (χ4n) is 15.1. The van der Waals surface area contributed by atoms with Crippen LogP contribution in [-0.4, -0.2) is 0 Å². The van der Waals surface area contributed by atoms with Gasteiger partial charge in [-0.2, -0.15) is 0 Å². The van der Waals surface area contributed by atoms with E-state index >= 15 is 0 Å². The molecular formula is C68H66N2. The topological polar surface area (TPSA) is 6.48 Å². The predicted molar refractivity (Wildman–Crippen MR) is 294 cm³/mol. The molecule has 0 spiro atoms. The minimum absolute atomic E-state index is 0.0575. The van der Waals surface area contributed by atoms with Crippen LogP contribution in [0.25, 0.3) is 22.3 Å². The molecule has 8 aromatic carbocycles. The van der Waals surface area contributed by atoms with E-state index in [0.29, 0.717) is 5.41 Å². The molecule has 348 valence electrons. The molecule has 0 unspecified atom stereocenters. The number of para-hydroxylation sites is 2. The summed E-state index contributed by atoms with van der Waals surface area (Å²) in [6.45, 7) is 7.24. The van der Waals surface area contributed by atoms with E-state index in [0.717, 1.165) is 42.2 Å². The number of fused-ring (bicyclic) bond motifs is 3. The van der Waals surface area contributed by atoms with Crippen LogP contribution >= 0.6 is 0 Å². The second-order valence-corrected chi connectivity index (χ2v) is 22.9. The van der Waals surface area contributed by atoms with Crippen molar-refractivity contribution < 1.29 is 0 Å². The zero-order valence-electron chi connectivity index (χ0n) is 41.3. The molecule has 2 nitrogen and oxygen atoms in total. The molecule has 6 aliphatic rings. The molecule has 0 radical (unpaired) electrons. The van der Waals surface area contributed by atoms with Crippen LogP contribution < -0.4 is 9.80 Å². The average molecular weight is 911 g/mol. The van der Waals surface area contributed by atoms with Gasteiger partial charge in [0.2, 0.25) is 0 Å². The second kappa shape index (κ2) is 17.0. The first-order valence-corrected chi connectivity index (χ1v) is 26.6. The average Bonchev–Trinajstić information content (AvgIpc) is 3.63. The molecule has 0 aromatic heterocycles. The number of anilines is 6. The Morgan fingerprint density at radius 3 is 1.36 bits per heavy atom. The molecule has 0 aliphatic heterocycles. The highest BCUT2D eigenvalue weighted by Crippen LogP contribution is 2.61. The first-order valence-electron chi connectivity index (χ1n) is 26.6. The van der Waals surface area contributed by atoms with E-state index < -0.39 is 0 Å². The van der Waals surface area contributed by atoms with E-state index in [1.807, 2.05) is 0 Å². The van der Waals surface area contributed by atoms with E-state index in [9.17, 15) is 0 Å². The Kier molecular flexibility index (Phi) is 10.6. The normalized spacial score (nSPS) is 24.7. The van der Waals surface area contributed by atoms with Gasteiger partial charge in [0.1, 0.15) is 0 Å². The third kappa shape index (κ3) is 7.27. The largest absolute Gasteiger partial charge is 0.311 e. The fraction of sp³-hybridized carbons (Fsp3) is 0.294. The van der Waals surface area contributed by atoms with Gasteiger partial charge in [-0.15, -0.1) is 0 Å². The number of rotatable bonds is 10. The monoisotopic (exact) mass is 911 g/mol. The molecule has 2 heteroatoms. The van der Waals surface area contributed by atoms with Gasteiger partial charge in [0.25, 0.3) is 0 Å². The summed E-state index contributed by atoms with van der Waals surface area (Å²) in [5, 5.41) is 0. The Morgan fingerprint density at radius 2 is 0.843 bits per heavy atom. The van der Waals surface area contributed by atoms with Crippen LogP contribution in [0.15, 0.2) is 200 Å². The van der Waals surface area contributed by atoms with Crippen molar-refractivity contribution in [3.63, 3.8) is 0 Å². The summed E-state index contributed by atoms with van der Waals surface area (Å²) in [5.74, 6) is 3.56. The van der Waals surface area contributed by atoms with Crippen LogP contribution in [-0.2, 0) is 16.2 Å². The number of benzene rings is 8. The minimum Gasteiger partial charge on any atom is -0.311 e. The smallest absolute Gasteiger partial charge is 0.0465 e. The molecule has 0 heterocycles. The van der Waals surface area contributed by atoms with Gasteiger partial charge in [0.15, 0.2) is 0 Å². The Balaban J connectivity index is 0.836. The summed E-state index contributed by atoms with van der Waals surface area (Å²) in [4.78, 5) is 4.93. The van der Waals surface area contributed by atoms with Gasteiger partial charge in [0.05, 0.1) is 0 Å². The van der Waals surface area contributed by atoms with Crippen LogP contribution in [0.5, 0.6) is 0 Å². The maximum absolute atomic E-state index is 2.50. The minimum atomic E-state index is -0.145. The van der Waals surface area contributed by atoms with E-state index in [1.54, 1.807) is 5.56 Å². The zero-order valence-corrected chi connectivity index (χ0v) is 41.3. The van der Waals surface area contributed by atoms with E-state index in [1.165, 1.54) is 124 Å². The van der Waals surface area contributed by atoms with Crippen molar-refractivity contribution in [3.05, 3.63) is 228 Å². The number of nitrogens with zero attached hydrogens (tertiary/aromatic N) is 2. The van der Waals surface area contributed by atoms with Gasteiger partial charge in [-0.05, 0) is 216 Å². The summed E-state index contributed by atoms with van der Waals surface area (Å²) >= 11 is 0. The Labute approximate surface area is 417 Å². The van der Waals surface area contributed by atoms with Crippen LogP contribution in [0.2, 0.25) is 0 Å². The highest BCUT2D eigenvalue weighted by atomic mass is 15.1. The lowest BCUT2D eigenvalue weighted by Crippen LogP contribution is -2.48. The second-order valence-electron chi connectivity index (χ2n) is 22.9. The predicted octanol–water partition coefficient (Wildman–Crippen LogP) is 18.6. The van der Waals surface area contributed by atoms with Crippen LogP contribution in [0.3, 0.4) is 0 Å². The van der Waals surface area contributed by atoms with Gasteiger partial charge in [-0.3, -0.25) is 0 Å². The van der Waals surface area contributed by atoms with Crippen molar-refractivity contribution in [2.75, 3.05) is 9.80 Å². The first kappa shape index (κ1) is 43.4. The Morgan fingerprint density at radius 1 is 0.400 bits per heavy atom. The molecule has 4 bridgehead atoms. The van der Waals surface area contributed by atoms with Crippen molar-refractivity contribution in [2.45, 2.75) is 101 Å². The third-order valence-electron chi connectivity index (χ3n) is 18.3. The maximum Gasteiger partial charge on any atom is 0.0465 e. The molecule has 6 aliphatic carbocycles. The van der Waals surface area contributed by atoms with Crippen LogP contribution in [0, 0.1) is 23.7 Å². The Hall–Kier alpha value is -6.64. The Bertz CT molecular complexity index is 3110. The lowest BCUT2D eigenvalue weighted by Gasteiger charge is -2.57. The molecule has 5 fully saturated rings. The maximum atomic E-state index is 2.50. The van der Waals surface area contributed by atoms with Gasteiger partial charge in [-0.25, -0.2) is 0 Å². The quantitative estimate of drug-likeness (QED) is 0.135. The molecule has 70 heavy (non-hydrogen) atoms. The zero-order chi connectivity index (χ0) is 47.0. The van der Waals surface area contributed by atoms with Crippen LogP contribution in [0.1, 0.15) is 113 Å². The first-order chi connectivity index (χ1) is 34.2. The lowest BCUT2D eigenvalue weighted by molar-refractivity contribution is -0.00518. The van der Waals surface area contributed by atoms with Crippen molar-refractivity contribution in [3.8, 4) is 22.3 Å². The number of hydrogen-bond acceptors (Lipinski definition) is 2. The summed E-state index contributed by atoms with van der Waals surface area (Å²) in [6.07, 6.45) is 13.4. The van der Waals surface area contributed by atoms with Gasteiger partial charge >= 0.3 is 0 Å². The van der Waals surface area contributed by atoms with Crippen LogP contribution in [0.4, 0.5) is 34.1 Å². The summed E-state index contributed by atoms with van der Waals surface area (Å²) < 4.78 is 0. The SMILES string of the molecule is CC1CCC(c2ccc(N(c3ccccc3)c3ccc(C45CC6CC(CC(C6)C4)C5)cc3)cc2)(c2ccc(N(c3ccccc3)c3ccc4c(c3)C(C)(C)c3cccc(-c5ccccc5)c3-4)cc2)CC1. The molecule has 5 saturated carbocycles. The van der Waals surface area contributed by atoms with Crippen molar-refractivity contribution in [1.29, 1.82) is 0 Å². The number of hydrogen-bond donors (Lipinski definition) is 0. The van der Waals surface area contributed by atoms with Gasteiger partial charge < -0.3 is 9.80 Å². The van der Waals surface area contributed by atoms with E-state index in [2.05, 4.69) is 231 Å². The van der Waals surface area contributed by atoms with Crippen molar-refractivity contribution in [2.24, 2.45) is 23.7 Å². The highest BCUT2D eigenvalue weighted by Gasteiger charge is 2.51. The molecule has 0 amide bonds. The highest BCUT2D eigenvalue weighted by molar-refractivity contribution is 5.94. The molecule has 8 aromatic rings. The van der Waals surface area contributed by atoms with E-state index in [-0.39, 0.29) is 10.8 Å². The molecule has 14 rings (SSSR count). The third-order valence-corrected chi connectivity index (χ3v) is 18.3. The molecular weight excluding hydrogens is 845 g/mol. The van der Waals surface area contributed by atoms with Gasteiger partial charge in [-0.1, -0.05) is 148 Å². The van der Waals surface area contributed by atoms with Crippen molar-refractivity contribution >= 4 is 34.1 Å². The molecule has 0 atom stereocenters. The fourth-order valence-corrected chi connectivity index (χ4v) is 15.1. The van der Waals surface area contributed by atoms with E-state index in [4.69, 9.17) is 0 Å².